The smallest absolute Gasteiger partial charge is 0.243 e. The number of nitrogens with one attached hydrogen (secondary N) is 1. The van der Waals surface area contributed by atoms with E-state index in [4.69, 9.17) is 0 Å². The number of carbonyl (C=O) groups excluding carboxylic acids is 1. The number of carbonyl (C=O) groups is 1. The van der Waals surface area contributed by atoms with Crippen molar-refractivity contribution in [2.24, 2.45) is 5.41 Å². The van der Waals surface area contributed by atoms with Gasteiger partial charge in [0, 0.05) is 26.1 Å². The Kier molecular flexibility index (Phi) is 6.04. The second-order valence-electron chi connectivity index (χ2n) is 7.62. The molecule has 2 rings (SSSR count). The molecule has 6 heteroatoms. The molecule has 1 aliphatic rings. The minimum absolute atomic E-state index is 0.00696. The molecular weight excluding hydrogens is 324 g/mol. The molecule has 1 aromatic carbocycles. The van der Waals surface area contributed by atoms with Gasteiger partial charge in [0.25, 0.3) is 0 Å². The van der Waals surface area contributed by atoms with Crippen LogP contribution in [0.15, 0.2) is 29.2 Å². The highest BCUT2D eigenvalue weighted by atomic mass is 32.2. The maximum atomic E-state index is 12.6. The first-order valence-corrected chi connectivity index (χ1v) is 9.98. The van der Waals surface area contributed by atoms with Crippen LogP contribution in [0.5, 0.6) is 0 Å². The van der Waals surface area contributed by atoms with Crippen molar-refractivity contribution < 1.29 is 13.2 Å². The molecule has 5 nitrogen and oxygen atoms in total. The van der Waals surface area contributed by atoms with E-state index >= 15 is 0 Å². The molecule has 1 N–H and O–H groups in total. The molecule has 1 fully saturated rings. The van der Waals surface area contributed by atoms with Crippen LogP contribution in [0, 0.1) is 5.41 Å². The molecule has 1 aromatic rings. The third-order valence-corrected chi connectivity index (χ3v) is 5.97. The maximum Gasteiger partial charge on any atom is 0.243 e. The first kappa shape index (κ1) is 18.9. The van der Waals surface area contributed by atoms with E-state index in [-0.39, 0.29) is 11.3 Å². The van der Waals surface area contributed by atoms with Gasteiger partial charge in [-0.15, -0.1) is 0 Å². The summed E-state index contributed by atoms with van der Waals surface area (Å²) >= 11 is 0. The molecule has 24 heavy (non-hydrogen) atoms. The lowest BCUT2D eigenvalue weighted by molar-refractivity contribution is -0.122. The summed E-state index contributed by atoms with van der Waals surface area (Å²) in [5.41, 5.74) is 0.853. The lowest BCUT2D eigenvalue weighted by atomic mass is 9.92. The Morgan fingerprint density at radius 3 is 2.21 bits per heavy atom. The van der Waals surface area contributed by atoms with Crippen molar-refractivity contribution in [3.05, 3.63) is 29.8 Å². The van der Waals surface area contributed by atoms with Crippen LogP contribution in [0.2, 0.25) is 0 Å². The van der Waals surface area contributed by atoms with E-state index in [1.54, 1.807) is 28.6 Å². The average Bonchev–Trinajstić information content (AvgIpc) is 2.52. The molecule has 0 atom stereocenters. The fourth-order valence-electron chi connectivity index (χ4n) is 2.78. The number of piperidine rings is 1. The first-order valence-electron chi connectivity index (χ1n) is 8.54. The zero-order chi connectivity index (χ0) is 17.8. The van der Waals surface area contributed by atoms with Crippen LogP contribution in [-0.2, 0) is 21.4 Å². The molecule has 0 bridgehead atoms. The van der Waals surface area contributed by atoms with E-state index in [0.29, 0.717) is 31.0 Å². The van der Waals surface area contributed by atoms with Gasteiger partial charge in [-0.25, -0.2) is 8.42 Å². The second kappa shape index (κ2) is 7.66. The molecule has 1 amide bonds. The van der Waals surface area contributed by atoms with Crippen molar-refractivity contribution in [3.8, 4) is 0 Å². The van der Waals surface area contributed by atoms with E-state index in [1.807, 2.05) is 20.8 Å². The Labute approximate surface area is 145 Å². The molecule has 0 aliphatic carbocycles. The first-order chi connectivity index (χ1) is 11.2. The van der Waals surface area contributed by atoms with Crippen LogP contribution in [0.4, 0.5) is 0 Å². The van der Waals surface area contributed by atoms with Gasteiger partial charge in [-0.05, 0) is 36.0 Å². The molecule has 0 spiro atoms. The lowest BCUT2D eigenvalue weighted by Crippen LogP contribution is -2.35. The molecule has 1 aliphatic heterocycles. The Hall–Kier alpha value is -1.40. The number of amides is 1. The zero-order valence-electron chi connectivity index (χ0n) is 14.8. The number of nitrogens with zero attached hydrogens (tertiary/aromatic N) is 1. The molecule has 0 saturated carbocycles. The Bertz CT molecular complexity index is 654. The maximum absolute atomic E-state index is 12.6. The number of benzene rings is 1. The van der Waals surface area contributed by atoms with Gasteiger partial charge in [-0.3, -0.25) is 4.79 Å². The van der Waals surface area contributed by atoms with Crippen LogP contribution < -0.4 is 5.32 Å². The Morgan fingerprint density at radius 2 is 1.67 bits per heavy atom. The molecule has 1 heterocycles. The minimum Gasteiger partial charge on any atom is -0.352 e. The standard InChI is InChI=1S/C18H28N2O3S/c1-18(2,3)13-17(21)19-14-15-7-9-16(10-8-15)24(22,23)20-11-5-4-6-12-20/h7-10H,4-6,11-14H2,1-3H3,(H,19,21). The van der Waals surface area contributed by atoms with Crippen molar-refractivity contribution in [2.75, 3.05) is 13.1 Å². The average molecular weight is 353 g/mol. The molecule has 1 saturated heterocycles. The third-order valence-electron chi connectivity index (χ3n) is 4.06. The quantitative estimate of drug-likeness (QED) is 0.886. The van der Waals surface area contributed by atoms with Crippen molar-refractivity contribution >= 4 is 15.9 Å². The lowest BCUT2D eigenvalue weighted by Gasteiger charge is -2.25. The van der Waals surface area contributed by atoms with E-state index in [1.165, 1.54) is 0 Å². The molecule has 0 aromatic heterocycles. The van der Waals surface area contributed by atoms with Gasteiger partial charge in [-0.1, -0.05) is 39.3 Å². The van der Waals surface area contributed by atoms with Crippen LogP contribution in [0.25, 0.3) is 0 Å². The number of hydrogen-bond acceptors (Lipinski definition) is 3. The predicted molar refractivity (Wildman–Crippen MR) is 95.0 cm³/mol. The molecule has 0 unspecified atom stereocenters. The van der Waals surface area contributed by atoms with E-state index in [9.17, 15) is 13.2 Å². The summed E-state index contributed by atoms with van der Waals surface area (Å²) in [6.45, 7) is 7.69. The number of rotatable bonds is 5. The van der Waals surface area contributed by atoms with Crippen molar-refractivity contribution in [1.29, 1.82) is 0 Å². The summed E-state index contributed by atoms with van der Waals surface area (Å²) in [4.78, 5) is 12.2. The van der Waals surface area contributed by atoms with Crippen LogP contribution in [0.1, 0.15) is 52.0 Å². The topological polar surface area (TPSA) is 66.5 Å². The molecule has 134 valence electrons. The van der Waals surface area contributed by atoms with Crippen molar-refractivity contribution in [3.63, 3.8) is 0 Å². The summed E-state index contributed by atoms with van der Waals surface area (Å²) in [6, 6.07) is 6.81. The van der Waals surface area contributed by atoms with Crippen LogP contribution in [-0.4, -0.2) is 31.7 Å². The monoisotopic (exact) mass is 352 g/mol. The Morgan fingerprint density at radius 1 is 1.08 bits per heavy atom. The normalized spacial score (nSPS) is 16.8. The van der Waals surface area contributed by atoms with Gasteiger partial charge >= 0.3 is 0 Å². The van der Waals surface area contributed by atoms with Gasteiger partial charge < -0.3 is 5.32 Å². The fourth-order valence-corrected chi connectivity index (χ4v) is 4.30. The van der Waals surface area contributed by atoms with Gasteiger partial charge in [0.2, 0.25) is 15.9 Å². The van der Waals surface area contributed by atoms with Gasteiger partial charge in [-0.2, -0.15) is 4.31 Å². The van der Waals surface area contributed by atoms with Crippen LogP contribution >= 0.6 is 0 Å². The SMILES string of the molecule is CC(C)(C)CC(=O)NCc1ccc(S(=O)(=O)N2CCCCC2)cc1. The highest BCUT2D eigenvalue weighted by Gasteiger charge is 2.25. The minimum atomic E-state index is -3.39. The number of sulfonamides is 1. The van der Waals surface area contributed by atoms with Crippen LogP contribution in [0.3, 0.4) is 0 Å². The summed E-state index contributed by atoms with van der Waals surface area (Å²) in [7, 11) is -3.39. The molecule has 0 radical (unpaired) electrons. The van der Waals surface area contributed by atoms with Gasteiger partial charge in [0.15, 0.2) is 0 Å². The summed E-state index contributed by atoms with van der Waals surface area (Å²) < 4.78 is 26.7. The molecular formula is C18H28N2O3S. The largest absolute Gasteiger partial charge is 0.352 e. The second-order valence-corrected chi connectivity index (χ2v) is 9.56. The summed E-state index contributed by atoms with van der Waals surface area (Å²) in [5, 5.41) is 2.88. The Balaban J connectivity index is 1.96. The van der Waals surface area contributed by atoms with E-state index in [2.05, 4.69) is 5.32 Å². The zero-order valence-corrected chi connectivity index (χ0v) is 15.7. The van der Waals surface area contributed by atoms with E-state index in [0.717, 1.165) is 24.8 Å². The highest BCUT2D eigenvalue weighted by Crippen LogP contribution is 2.21. The van der Waals surface area contributed by atoms with Crippen molar-refractivity contribution in [2.45, 2.75) is 57.9 Å². The van der Waals surface area contributed by atoms with E-state index < -0.39 is 10.0 Å². The highest BCUT2D eigenvalue weighted by molar-refractivity contribution is 7.89. The number of hydrogen-bond donors (Lipinski definition) is 1. The van der Waals surface area contributed by atoms with Gasteiger partial charge in [0.1, 0.15) is 0 Å². The van der Waals surface area contributed by atoms with Crippen molar-refractivity contribution in [1.82, 2.24) is 9.62 Å². The fraction of sp³-hybridized carbons (Fsp3) is 0.611. The predicted octanol–water partition coefficient (Wildman–Crippen LogP) is 2.91. The third kappa shape index (κ3) is 5.31. The summed E-state index contributed by atoms with van der Waals surface area (Å²) in [6.07, 6.45) is 3.42. The van der Waals surface area contributed by atoms with Gasteiger partial charge in [0.05, 0.1) is 4.90 Å². The summed E-state index contributed by atoms with van der Waals surface area (Å²) in [5.74, 6) is 0.00696.